The molecule has 0 aromatic carbocycles. The molecule has 2 amide bonds. The molecule has 2 unspecified atom stereocenters. The topological polar surface area (TPSA) is 110 Å². The third-order valence-electron chi connectivity index (χ3n) is 3.68. The van der Waals surface area contributed by atoms with Crippen LogP contribution in [0.15, 0.2) is 12.3 Å². The summed E-state index contributed by atoms with van der Waals surface area (Å²) in [4.78, 5) is 48.2. The van der Waals surface area contributed by atoms with Gasteiger partial charge in [-0.25, -0.2) is 4.79 Å². The Hall–Kier alpha value is -2.38. The third-order valence-corrected chi connectivity index (χ3v) is 3.68. The zero-order chi connectivity index (χ0) is 15.4. The first-order valence-electron chi connectivity index (χ1n) is 6.68. The second kappa shape index (κ2) is 6.38. The molecule has 0 aromatic rings. The van der Waals surface area contributed by atoms with E-state index < -0.39 is 24.2 Å². The molecule has 114 valence electrons. The number of rotatable bonds is 7. The Bertz CT molecular complexity index is 478. The van der Waals surface area contributed by atoms with Crippen LogP contribution in [0.1, 0.15) is 12.8 Å². The molecule has 0 bridgehead atoms. The number of amides is 2. The maximum absolute atomic E-state index is 12.3. The molecule has 0 aromatic heterocycles. The summed E-state index contributed by atoms with van der Waals surface area (Å²) >= 11 is 0. The number of ether oxygens (including phenoxy) is 1. The summed E-state index contributed by atoms with van der Waals surface area (Å²) in [5.41, 5.74) is 5.39. The fourth-order valence-corrected chi connectivity index (χ4v) is 2.70. The number of β-lactam (4-membered cyclic amide) rings is 1. The van der Waals surface area contributed by atoms with Crippen LogP contribution in [0.5, 0.6) is 0 Å². The molecular formula is C13H17N3O5. The van der Waals surface area contributed by atoms with Crippen molar-refractivity contribution in [3.05, 3.63) is 12.3 Å². The Balaban J connectivity index is 2.16. The molecule has 3 atom stereocenters. The average molecular weight is 295 g/mol. The summed E-state index contributed by atoms with van der Waals surface area (Å²) in [6.07, 6.45) is 4.07. The van der Waals surface area contributed by atoms with Gasteiger partial charge in [0.15, 0.2) is 0 Å². The number of nitrogens with two attached hydrogens (primary N) is 1. The largest absolute Gasteiger partial charge is 0.448 e. The smallest absolute Gasteiger partial charge is 0.410 e. The first kappa shape index (κ1) is 15.0. The van der Waals surface area contributed by atoms with Crippen molar-refractivity contribution in [3.63, 3.8) is 0 Å². The van der Waals surface area contributed by atoms with Gasteiger partial charge in [-0.3, -0.25) is 9.69 Å². The normalized spacial score (nSPS) is 26.7. The van der Waals surface area contributed by atoms with Crippen molar-refractivity contribution in [1.82, 2.24) is 9.80 Å². The summed E-state index contributed by atoms with van der Waals surface area (Å²) in [5, 5.41) is 0. The highest BCUT2D eigenvalue weighted by molar-refractivity contribution is 5.95. The van der Waals surface area contributed by atoms with E-state index in [-0.39, 0.29) is 25.4 Å². The maximum atomic E-state index is 12.3. The number of hydrogen-bond donors (Lipinski definition) is 1. The van der Waals surface area contributed by atoms with Crippen LogP contribution < -0.4 is 5.73 Å². The summed E-state index contributed by atoms with van der Waals surface area (Å²) in [6, 6.07) is -1.87. The highest BCUT2D eigenvalue weighted by atomic mass is 16.6. The predicted octanol–water partition coefficient (Wildman–Crippen LogP) is -0.963. The molecule has 2 aliphatic rings. The molecule has 2 fully saturated rings. The zero-order valence-corrected chi connectivity index (χ0v) is 11.4. The fraction of sp³-hybridized carbons (Fsp3) is 0.538. The predicted molar refractivity (Wildman–Crippen MR) is 71.0 cm³/mol. The number of carbonyl (C=O) groups is 4. The second-order valence-corrected chi connectivity index (χ2v) is 4.82. The number of likely N-dealkylation sites (tertiary alicyclic amines) is 1. The van der Waals surface area contributed by atoms with Crippen molar-refractivity contribution in [3.8, 4) is 0 Å². The lowest BCUT2D eigenvalue weighted by Gasteiger charge is -2.50. The Morgan fingerprint density at radius 1 is 1.38 bits per heavy atom. The molecule has 0 radical (unpaired) electrons. The Morgan fingerprint density at radius 3 is 2.67 bits per heavy atom. The first-order chi connectivity index (χ1) is 10.2. The van der Waals surface area contributed by atoms with Gasteiger partial charge in [0, 0.05) is 6.42 Å². The fourth-order valence-electron chi connectivity index (χ4n) is 2.70. The minimum atomic E-state index is -0.696. The molecule has 0 aliphatic carbocycles. The van der Waals surface area contributed by atoms with E-state index in [1.165, 1.54) is 16.0 Å². The number of hydrogen-bond acceptors (Lipinski definition) is 6. The van der Waals surface area contributed by atoms with Crippen LogP contribution in [0.2, 0.25) is 0 Å². The van der Waals surface area contributed by atoms with E-state index in [1.54, 1.807) is 6.08 Å². The van der Waals surface area contributed by atoms with E-state index in [0.717, 1.165) is 0 Å². The molecule has 2 aliphatic heterocycles. The molecular weight excluding hydrogens is 278 g/mol. The van der Waals surface area contributed by atoms with Crippen LogP contribution in [-0.2, 0) is 19.1 Å². The molecule has 0 saturated carbocycles. The van der Waals surface area contributed by atoms with E-state index in [9.17, 15) is 19.2 Å². The van der Waals surface area contributed by atoms with Gasteiger partial charge in [0.2, 0.25) is 5.91 Å². The highest BCUT2D eigenvalue weighted by Gasteiger charge is 2.54. The van der Waals surface area contributed by atoms with Crippen LogP contribution >= 0.6 is 0 Å². The zero-order valence-electron chi connectivity index (χ0n) is 11.4. The van der Waals surface area contributed by atoms with Crippen LogP contribution in [0.25, 0.3) is 0 Å². The van der Waals surface area contributed by atoms with Crippen molar-refractivity contribution >= 4 is 24.6 Å². The molecule has 2 rings (SSSR count). The molecule has 2 saturated heterocycles. The molecule has 8 nitrogen and oxygen atoms in total. The third kappa shape index (κ3) is 2.61. The molecule has 2 N–H and O–H groups in total. The minimum absolute atomic E-state index is 0.183. The van der Waals surface area contributed by atoms with Crippen molar-refractivity contribution in [2.75, 3.05) is 13.2 Å². The van der Waals surface area contributed by atoms with Gasteiger partial charge >= 0.3 is 6.09 Å². The quantitative estimate of drug-likeness (QED) is 0.478. The van der Waals surface area contributed by atoms with Gasteiger partial charge in [0.1, 0.15) is 25.2 Å². The monoisotopic (exact) mass is 295 g/mol. The van der Waals surface area contributed by atoms with Gasteiger partial charge < -0.3 is 25.0 Å². The number of cyclic esters (lactones) is 1. The lowest BCUT2D eigenvalue weighted by atomic mass is 9.90. The second-order valence-electron chi connectivity index (χ2n) is 4.82. The lowest BCUT2D eigenvalue weighted by Crippen LogP contribution is -2.72. The van der Waals surface area contributed by atoms with Crippen molar-refractivity contribution in [1.29, 1.82) is 0 Å². The van der Waals surface area contributed by atoms with Crippen molar-refractivity contribution < 1.29 is 23.9 Å². The molecule has 8 heteroatoms. The van der Waals surface area contributed by atoms with Crippen LogP contribution in [0.3, 0.4) is 0 Å². The molecule has 21 heavy (non-hydrogen) atoms. The van der Waals surface area contributed by atoms with Crippen molar-refractivity contribution in [2.45, 2.75) is 31.0 Å². The van der Waals surface area contributed by atoms with Gasteiger partial charge in [-0.05, 0) is 18.7 Å². The molecule has 0 spiro atoms. The standard InChI is InChI=1S/C13H17N3O5/c14-4-3-10-11(15-5-7-21-13(15)20)12(19)16(10)9(8-18)2-1-6-17/h3-4,6,8-11H,1-2,5,7,14H2/b4-3+/t9-,10?,11?/m0/s1. The minimum Gasteiger partial charge on any atom is -0.448 e. The Labute approximate surface area is 121 Å². The first-order valence-corrected chi connectivity index (χ1v) is 6.68. The summed E-state index contributed by atoms with van der Waals surface area (Å²) in [7, 11) is 0. The van der Waals surface area contributed by atoms with E-state index in [0.29, 0.717) is 19.1 Å². The van der Waals surface area contributed by atoms with Gasteiger partial charge in [-0.15, -0.1) is 0 Å². The van der Waals surface area contributed by atoms with Crippen LogP contribution in [-0.4, -0.2) is 65.6 Å². The Morgan fingerprint density at radius 2 is 2.14 bits per heavy atom. The number of nitrogens with zero attached hydrogens (tertiary/aromatic N) is 2. The lowest BCUT2D eigenvalue weighted by molar-refractivity contribution is -0.159. The highest BCUT2D eigenvalue weighted by Crippen LogP contribution is 2.31. The number of aldehydes is 2. The van der Waals surface area contributed by atoms with E-state index >= 15 is 0 Å². The van der Waals surface area contributed by atoms with Gasteiger partial charge in [-0.2, -0.15) is 0 Å². The van der Waals surface area contributed by atoms with E-state index in [1.807, 2.05) is 0 Å². The summed E-state index contributed by atoms with van der Waals surface area (Å²) < 4.78 is 4.83. The maximum Gasteiger partial charge on any atom is 0.410 e. The molecule has 2 heterocycles. The van der Waals surface area contributed by atoms with E-state index in [4.69, 9.17) is 10.5 Å². The van der Waals surface area contributed by atoms with Crippen LogP contribution in [0.4, 0.5) is 4.79 Å². The van der Waals surface area contributed by atoms with Gasteiger partial charge in [0.05, 0.1) is 18.6 Å². The van der Waals surface area contributed by atoms with Crippen molar-refractivity contribution in [2.24, 2.45) is 5.73 Å². The summed E-state index contributed by atoms with van der Waals surface area (Å²) in [6.45, 7) is 0.571. The van der Waals surface area contributed by atoms with E-state index in [2.05, 4.69) is 0 Å². The van der Waals surface area contributed by atoms with Crippen LogP contribution in [0, 0.1) is 0 Å². The SMILES string of the molecule is N/C=C/C1C(N2CCOC2=O)C(=O)N1[C@H](C=O)CCC=O. The Kier molecular flexibility index (Phi) is 4.56. The average Bonchev–Trinajstić information content (AvgIpc) is 2.88. The number of carbonyl (C=O) groups excluding carboxylic acids is 4. The van der Waals surface area contributed by atoms with Gasteiger partial charge in [-0.1, -0.05) is 0 Å². The van der Waals surface area contributed by atoms with Gasteiger partial charge in [0.25, 0.3) is 0 Å². The summed E-state index contributed by atoms with van der Waals surface area (Å²) in [5.74, 6) is -0.333.